The van der Waals surface area contributed by atoms with Gasteiger partial charge in [0.25, 0.3) is 0 Å². The molecule has 2 heterocycles. The smallest absolute Gasteiger partial charge is 0.138 e. The standard InChI is InChI=1S/C14H10BrIN2/c1-9-2-7-12-17-13(14(16)18(12)8-9)10-3-5-11(15)6-4-10/h2-8H,1H3. The van der Waals surface area contributed by atoms with Crippen molar-refractivity contribution in [1.29, 1.82) is 0 Å². The summed E-state index contributed by atoms with van der Waals surface area (Å²) < 4.78 is 4.36. The Hall–Kier alpha value is -0.880. The fourth-order valence-corrected chi connectivity index (χ4v) is 3.00. The first-order valence-electron chi connectivity index (χ1n) is 5.55. The molecule has 4 heteroatoms. The molecule has 0 saturated carbocycles. The summed E-state index contributed by atoms with van der Waals surface area (Å²) in [5.74, 6) is 0. The van der Waals surface area contributed by atoms with Crippen LogP contribution < -0.4 is 0 Å². The number of hydrogen-bond donors (Lipinski definition) is 0. The molecular weight excluding hydrogens is 403 g/mol. The van der Waals surface area contributed by atoms with Gasteiger partial charge in [-0.2, -0.15) is 0 Å². The van der Waals surface area contributed by atoms with Gasteiger partial charge in [0.15, 0.2) is 0 Å². The van der Waals surface area contributed by atoms with Crippen LogP contribution in [0.5, 0.6) is 0 Å². The minimum atomic E-state index is 0.989. The monoisotopic (exact) mass is 412 g/mol. The number of pyridine rings is 1. The van der Waals surface area contributed by atoms with Crippen molar-refractivity contribution in [3.8, 4) is 11.3 Å². The van der Waals surface area contributed by atoms with Crippen molar-refractivity contribution in [3.63, 3.8) is 0 Å². The lowest BCUT2D eigenvalue weighted by molar-refractivity contribution is 1.13. The van der Waals surface area contributed by atoms with Crippen LogP contribution in [-0.2, 0) is 0 Å². The average Bonchev–Trinajstić information content (AvgIpc) is 2.68. The molecule has 0 radical (unpaired) electrons. The molecule has 0 N–H and O–H groups in total. The maximum absolute atomic E-state index is 4.69. The number of aromatic nitrogens is 2. The molecule has 0 aliphatic rings. The fraction of sp³-hybridized carbons (Fsp3) is 0.0714. The van der Waals surface area contributed by atoms with Crippen LogP contribution in [0.1, 0.15) is 5.56 Å². The van der Waals surface area contributed by atoms with Gasteiger partial charge in [0.1, 0.15) is 15.0 Å². The number of imidazole rings is 1. The maximum Gasteiger partial charge on any atom is 0.138 e. The lowest BCUT2D eigenvalue weighted by Gasteiger charge is -1.99. The van der Waals surface area contributed by atoms with Gasteiger partial charge in [-0.3, -0.25) is 4.40 Å². The summed E-state index contributed by atoms with van der Waals surface area (Å²) in [6.45, 7) is 2.09. The van der Waals surface area contributed by atoms with Crippen LogP contribution in [0, 0.1) is 10.6 Å². The molecule has 90 valence electrons. The van der Waals surface area contributed by atoms with Crippen LogP contribution >= 0.6 is 38.5 Å². The minimum Gasteiger partial charge on any atom is -0.294 e. The van der Waals surface area contributed by atoms with E-state index < -0.39 is 0 Å². The van der Waals surface area contributed by atoms with Crippen LogP contribution in [0.25, 0.3) is 16.9 Å². The molecule has 0 aliphatic heterocycles. The second kappa shape index (κ2) is 4.66. The SMILES string of the molecule is Cc1ccc2nc(-c3ccc(Br)cc3)c(I)n2c1. The number of fused-ring (bicyclic) bond motifs is 1. The number of benzene rings is 1. The Bertz CT molecular complexity index is 716. The van der Waals surface area contributed by atoms with Crippen LogP contribution in [0.4, 0.5) is 0 Å². The van der Waals surface area contributed by atoms with Crippen molar-refractivity contribution in [2.45, 2.75) is 6.92 Å². The van der Waals surface area contributed by atoms with Crippen molar-refractivity contribution in [3.05, 3.63) is 56.3 Å². The maximum atomic E-state index is 4.69. The van der Waals surface area contributed by atoms with E-state index >= 15 is 0 Å². The normalized spacial score (nSPS) is 11.1. The minimum absolute atomic E-state index is 0.989. The second-order valence-corrected chi connectivity index (χ2v) is 6.13. The van der Waals surface area contributed by atoms with Crippen molar-refractivity contribution in [2.24, 2.45) is 0 Å². The summed E-state index contributed by atoms with van der Waals surface area (Å²) in [6, 6.07) is 12.4. The predicted octanol–water partition coefficient (Wildman–Crippen LogP) is 4.68. The van der Waals surface area contributed by atoms with Gasteiger partial charge in [0.05, 0.1) is 0 Å². The molecule has 1 aromatic carbocycles. The van der Waals surface area contributed by atoms with Gasteiger partial charge >= 0.3 is 0 Å². The molecule has 3 aromatic rings. The lowest BCUT2D eigenvalue weighted by Crippen LogP contribution is -1.88. The number of aryl methyl sites for hydroxylation is 1. The van der Waals surface area contributed by atoms with Crippen molar-refractivity contribution >= 4 is 44.2 Å². The lowest BCUT2D eigenvalue weighted by atomic mass is 10.2. The van der Waals surface area contributed by atoms with Gasteiger partial charge < -0.3 is 0 Å². The third-order valence-electron chi connectivity index (χ3n) is 2.83. The van der Waals surface area contributed by atoms with Gasteiger partial charge in [-0.1, -0.05) is 34.1 Å². The Labute approximate surface area is 127 Å². The van der Waals surface area contributed by atoms with E-state index in [4.69, 9.17) is 4.98 Å². The summed E-state index contributed by atoms with van der Waals surface area (Å²) >= 11 is 5.80. The molecule has 2 aromatic heterocycles. The topological polar surface area (TPSA) is 17.3 Å². The molecule has 0 unspecified atom stereocenters. The summed E-state index contributed by atoms with van der Waals surface area (Å²) in [7, 11) is 0. The second-order valence-electron chi connectivity index (χ2n) is 4.19. The zero-order valence-corrected chi connectivity index (χ0v) is 13.4. The van der Waals surface area contributed by atoms with Crippen molar-refractivity contribution < 1.29 is 0 Å². The number of nitrogens with zero attached hydrogens (tertiary/aromatic N) is 2. The van der Waals surface area contributed by atoms with E-state index in [1.54, 1.807) is 0 Å². The zero-order chi connectivity index (χ0) is 12.7. The van der Waals surface area contributed by atoms with Gasteiger partial charge in [-0.05, 0) is 53.3 Å². The number of halogens is 2. The molecule has 0 aliphatic carbocycles. The van der Waals surface area contributed by atoms with Gasteiger partial charge in [0, 0.05) is 16.2 Å². The van der Waals surface area contributed by atoms with E-state index in [2.05, 4.69) is 80.3 Å². The summed E-state index contributed by atoms with van der Waals surface area (Å²) in [5, 5.41) is 0. The first-order chi connectivity index (χ1) is 8.65. The molecule has 0 amide bonds. The summed E-state index contributed by atoms with van der Waals surface area (Å²) in [4.78, 5) is 4.69. The third kappa shape index (κ3) is 2.07. The Morgan fingerprint density at radius 2 is 1.83 bits per heavy atom. The van der Waals surface area contributed by atoms with E-state index in [1.807, 2.05) is 12.1 Å². The van der Waals surface area contributed by atoms with Crippen LogP contribution in [0.15, 0.2) is 47.1 Å². The van der Waals surface area contributed by atoms with Crippen molar-refractivity contribution in [2.75, 3.05) is 0 Å². The summed E-state index contributed by atoms with van der Waals surface area (Å²) in [6.07, 6.45) is 2.12. The van der Waals surface area contributed by atoms with E-state index in [1.165, 1.54) is 5.56 Å². The highest BCUT2D eigenvalue weighted by atomic mass is 127. The Morgan fingerprint density at radius 3 is 2.56 bits per heavy atom. The molecule has 0 atom stereocenters. The predicted molar refractivity (Wildman–Crippen MR) is 85.8 cm³/mol. The number of hydrogen-bond acceptors (Lipinski definition) is 1. The Kier molecular flexibility index (Phi) is 3.15. The molecule has 0 bridgehead atoms. The van der Waals surface area contributed by atoms with Gasteiger partial charge in [0.2, 0.25) is 0 Å². The molecule has 3 rings (SSSR count). The van der Waals surface area contributed by atoms with Crippen LogP contribution in [0.2, 0.25) is 0 Å². The first kappa shape index (κ1) is 12.2. The van der Waals surface area contributed by atoms with E-state index in [0.29, 0.717) is 0 Å². The zero-order valence-electron chi connectivity index (χ0n) is 9.69. The summed E-state index contributed by atoms with van der Waals surface area (Å²) in [5.41, 5.74) is 4.40. The van der Waals surface area contributed by atoms with Crippen LogP contribution in [-0.4, -0.2) is 9.38 Å². The van der Waals surface area contributed by atoms with Crippen LogP contribution in [0.3, 0.4) is 0 Å². The molecule has 0 spiro atoms. The highest BCUT2D eigenvalue weighted by Gasteiger charge is 2.11. The van der Waals surface area contributed by atoms with E-state index in [0.717, 1.165) is 25.1 Å². The average molecular weight is 413 g/mol. The van der Waals surface area contributed by atoms with Gasteiger partial charge in [-0.25, -0.2) is 4.98 Å². The fourth-order valence-electron chi connectivity index (χ4n) is 1.91. The van der Waals surface area contributed by atoms with E-state index in [-0.39, 0.29) is 0 Å². The van der Waals surface area contributed by atoms with Crippen molar-refractivity contribution in [1.82, 2.24) is 9.38 Å². The highest BCUT2D eigenvalue weighted by molar-refractivity contribution is 14.1. The Morgan fingerprint density at radius 1 is 1.11 bits per heavy atom. The molecule has 18 heavy (non-hydrogen) atoms. The first-order valence-corrected chi connectivity index (χ1v) is 7.42. The number of rotatable bonds is 1. The molecule has 2 nitrogen and oxygen atoms in total. The highest BCUT2D eigenvalue weighted by Crippen LogP contribution is 2.27. The molecule has 0 fully saturated rings. The largest absolute Gasteiger partial charge is 0.294 e. The molecular formula is C14H10BrIN2. The Balaban J connectivity index is 2.23. The van der Waals surface area contributed by atoms with Gasteiger partial charge in [-0.15, -0.1) is 0 Å². The van der Waals surface area contributed by atoms with E-state index in [9.17, 15) is 0 Å². The third-order valence-corrected chi connectivity index (χ3v) is 4.39. The quantitative estimate of drug-likeness (QED) is 0.530. The molecule has 0 saturated heterocycles.